The molecule has 120 valence electrons. The zero-order valence-electron chi connectivity index (χ0n) is 13.0. The minimum Gasteiger partial charge on any atom is -0.461 e. The van der Waals surface area contributed by atoms with E-state index in [1.807, 2.05) is 12.1 Å². The van der Waals surface area contributed by atoms with E-state index in [1.54, 1.807) is 24.1 Å². The van der Waals surface area contributed by atoms with Crippen LogP contribution in [-0.4, -0.2) is 19.6 Å². The van der Waals surface area contributed by atoms with Gasteiger partial charge in [0.2, 0.25) is 11.8 Å². The highest BCUT2D eigenvalue weighted by atomic mass is 32.2. The van der Waals surface area contributed by atoms with Gasteiger partial charge in [-0.1, -0.05) is 29.8 Å². The van der Waals surface area contributed by atoms with Gasteiger partial charge in [-0.25, -0.2) is 9.97 Å². The molecule has 0 fully saturated rings. The summed E-state index contributed by atoms with van der Waals surface area (Å²) in [6, 6.07) is 13.9. The number of furan rings is 1. The Bertz CT molecular complexity index is 994. The van der Waals surface area contributed by atoms with Crippen molar-refractivity contribution in [3.63, 3.8) is 0 Å². The fourth-order valence-electron chi connectivity index (χ4n) is 2.43. The minimum absolute atomic E-state index is 0.310. The van der Waals surface area contributed by atoms with Crippen LogP contribution in [0.15, 0.2) is 58.2 Å². The quantitative estimate of drug-likeness (QED) is 0.453. The van der Waals surface area contributed by atoms with E-state index in [9.17, 15) is 0 Å². The topological polar surface area (TPSA) is 82.2 Å². The molecule has 3 heterocycles. The Morgan fingerprint density at radius 3 is 2.88 bits per heavy atom. The molecule has 0 bridgehead atoms. The van der Waals surface area contributed by atoms with Crippen molar-refractivity contribution in [1.29, 1.82) is 0 Å². The van der Waals surface area contributed by atoms with Crippen LogP contribution in [0.25, 0.3) is 17.2 Å². The predicted molar refractivity (Wildman–Crippen MR) is 93.6 cm³/mol. The van der Waals surface area contributed by atoms with Crippen molar-refractivity contribution in [3.05, 3.63) is 59.9 Å². The first-order valence-electron chi connectivity index (χ1n) is 7.44. The van der Waals surface area contributed by atoms with Crippen LogP contribution in [0.3, 0.4) is 0 Å². The fourth-order valence-corrected chi connectivity index (χ4v) is 3.27. The monoisotopic (exact) mass is 337 g/mol. The van der Waals surface area contributed by atoms with Crippen LogP contribution < -0.4 is 5.73 Å². The number of nitrogens with two attached hydrogens (primary N) is 1. The van der Waals surface area contributed by atoms with Gasteiger partial charge in [0.25, 0.3) is 0 Å². The zero-order valence-corrected chi connectivity index (χ0v) is 13.8. The molecule has 0 radical (unpaired) electrons. The molecule has 0 aliphatic carbocycles. The predicted octanol–water partition coefficient (Wildman–Crippen LogP) is 3.57. The minimum atomic E-state index is 0.310. The highest BCUT2D eigenvalue weighted by Crippen LogP contribution is 2.25. The second-order valence-corrected chi connectivity index (χ2v) is 6.41. The Morgan fingerprint density at radius 1 is 1.17 bits per heavy atom. The van der Waals surface area contributed by atoms with Crippen molar-refractivity contribution < 1.29 is 4.42 Å². The molecule has 0 spiro atoms. The average molecular weight is 337 g/mol. The molecule has 1 aromatic carbocycles. The van der Waals surface area contributed by atoms with Crippen LogP contribution in [0.1, 0.15) is 11.1 Å². The normalized spacial score (nSPS) is 11.2. The van der Waals surface area contributed by atoms with E-state index in [-0.39, 0.29) is 0 Å². The number of hydrogen-bond acceptors (Lipinski definition) is 6. The third-order valence-corrected chi connectivity index (χ3v) is 4.52. The lowest BCUT2D eigenvalue weighted by molar-refractivity contribution is 0.577. The summed E-state index contributed by atoms with van der Waals surface area (Å²) >= 11 is 1.62. The van der Waals surface area contributed by atoms with Gasteiger partial charge in [-0.3, -0.25) is 0 Å². The van der Waals surface area contributed by atoms with E-state index in [4.69, 9.17) is 10.2 Å². The van der Waals surface area contributed by atoms with Gasteiger partial charge in [0.05, 0.1) is 6.26 Å². The Morgan fingerprint density at radius 2 is 2.08 bits per heavy atom. The third kappa shape index (κ3) is 2.85. The Kier molecular flexibility index (Phi) is 3.70. The van der Waals surface area contributed by atoms with Gasteiger partial charge in [0, 0.05) is 11.8 Å². The van der Waals surface area contributed by atoms with Gasteiger partial charge in [0.15, 0.2) is 11.4 Å². The molecule has 2 N–H and O–H groups in total. The first-order valence-corrected chi connectivity index (χ1v) is 8.43. The molecule has 0 amide bonds. The SMILES string of the molecule is Cc1cccc(CSc2cc3nc(-c4ccco4)nn3c(N)n2)c1. The number of rotatable bonds is 4. The Hall–Kier alpha value is -2.80. The second-order valence-electron chi connectivity index (χ2n) is 5.41. The summed E-state index contributed by atoms with van der Waals surface area (Å²) in [4.78, 5) is 8.87. The molecule has 0 atom stereocenters. The summed E-state index contributed by atoms with van der Waals surface area (Å²) in [7, 11) is 0. The van der Waals surface area contributed by atoms with Crippen LogP contribution in [0.5, 0.6) is 0 Å². The van der Waals surface area contributed by atoms with Crippen LogP contribution in [0, 0.1) is 6.92 Å². The number of hydrogen-bond donors (Lipinski definition) is 1. The molecule has 0 aliphatic heterocycles. The van der Waals surface area contributed by atoms with E-state index < -0.39 is 0 Å². The maximum absolute atomic E-state index is 6.02. The number of nitrogen functional groups attached to an aromatic ring is 1. The van der Waals surface area contributed by atoms with E-state index in [0.29, 0.717) is 23.2 Å². The number of anilines is 1. The molecular formula is C17H15N5OS. The molecule has 0 unspecified atom stereocenters. The van der Waals surface area contributed by atoms with Crippen molar-refractivity contribution in [2.24, 2.45) is 0 Å². The van der Waals surface area contributed by atoms with Crippen LogP contribution in [0.2, 0.25) is 0 Å². The number of aryl methyl sites for hydroxylation is 1. The standard InChI is InChI=1S/C17H15N5OS/c1-11-4-2-5-12(8-11)10-24-15-9-14-19-16(13-6-3-7-23-13)21-22(14)17(18)20-15/h2-9H,10H2,1H3,(H2,18,20). The molecule has 3 aromatic heterocycles. The maximum atomic E-state index is 6.02. The molecule has 4 aromatic rings. The van der Waals surface area contributed by atoms with Crippen molar-refractivity contribution in [2.45, 2.75) is 17.7 Å². The van der Waals surface area contributed by atoms with E-state index in [0.717, 1.165) is 10.8 Å². The van der Waals surface area contributed by atoms with Crippen LogP contribution in [0.4, 0.5) is 5.95 Å². The molecule has 0 saturated heterocycles. The first kappa shape index (κ1) is 14.8. The average Bonchev–Trinajstić information content (AvgIpc) is 3.22. The van der Waals surface area contributed by atoms with E-state index in [1.165, 1.54) is 15.6 Å². The van der Waals surface area contributed by atoms with Crippen LogP contribution >= 0.6 is 11.8 Å². The summed E-state index contributed by atoms with van der Waals surface area (Å²) in [5, 5.41) is 5.16. The van der Waals surface area contributed by atoms with Crippen molar-refractivity contribution in [2.75, 3.05) is 5.73 Å². The van der Waals surface area contributed by atoms with Gasteiger partial charge in [-0.2, -0.15) is 4.52 Å². The van der Waals surface area contributed by atoms with E-state index in [2.05, 4.69) is 46.3 Å². The van der Waals surface area contributed by atoms with Gasteiger partial charge in [-0.15, -0.1) is 16.9 Å². The van der Waals surface area contributed by atoms with Crippen molar-refractivity contribution in [1.82, 2.24) is 19.6 Å². The highest BCUT2D eigenvalue weighted by Gasteiger charge is 2.12. The lowest BCUT2D eigenvalue weighted by atomic mass is 10.2. The summed E-state index contributed by atoms with van der Waals surface area (Å²) in [6.45, 7) is 2.09. The molecular weight excluding hydrogens is 322 g/mol. The van der Waals surface area contributed by atoms with Gasteiger partial charge in [-0.05, 0) is 24.6 Å². The highest BCUT2D eigenvalue weighted by molar-refractivity contribution is 7.98. The maximum Gasteiger partial charge on any atom is 0.224 e. The summed E-state index contributed by atoms with van der Waals surface area (Å²) < 4.78 is 6.85. The summed E-state index contributed by atoms with van der Waals surface area (Å²) in [6.07, 6.45) is 1.59. The molecule has 4 rings (SSSR count). The largest absolute Gasteiger partial charge is 0.461 e. The third-order valence-electron chi connectivity index (χ3n) is 3.54. The van der Waals surface area contributed by atoms with Crippen molar-refractivity contribution >= 4 is 23.4 Å². The Balaban J connectivity index is 1.62. The smallest absolute Gasteiger partial charge is 0.224 e. The summed E-state index contributed by atoms with van der Waals surface area (Å²) in [5.41, 5.74) is 9.17. The van der Waals surface area contributed by atoms with Gasteiger partial charge >= 0.3 is 0 Å². The fraction of sp³-hybridized carbons (Fsp3) is 0.118. The summed E-state index contributed by atoms with van der Waals surface area (Å²) in [5.74, 6) is 2.23. The molecule has 0 saturated carbocycles. The number of thioether (sulfide) groups is 1. The van der Waals surface area contributed by atoms with Gasteiger partial charge < -0.3 is 10.2 Å². The molecule has 7 heteroatoms. The lowest BCUT2D eigenvalue weighted by Gasteiger charge is -2.04. The number of aromatic nitrogens is 4. The lowest BCUT2D eigenvalue weighted by Crippen LogP contribution is -2.02. The number of benzene rings is 1. The molecule has 24 heavy (non-hydrogen) atoms. The number of nitrogens with zero attached hydrogens (tertiary/aromatic N) is 4. The second kappa shape index (κ2) is 6.01. The molecule has 0 aliphatic rings. The first-order chi connectivity index (χ1) is 11.7. The number of fused-ring (bicyclic) bond motifs is 1. The van der Waals surface area contributed by atoms with Crippen molar-refractivity contribution in [3.8, 4) is 11.6 Å². The van der Waals surface area contributed by atoms with Gasteiger partial charge in [0.1, 0.15) is 5.03 Å². The van der Waals surface area contributed by atoms with Crippen LogP contribution in [-0.2, 0) is 5.75 Å². The molecule has 6 nitrogen and oxygen atoms in total. The van der Waals surface area contributed by atoms with E-state index >= 15 is 0 Å². The Labute approximate surface area is 142 Å². The zero-order chi connectivity index (χ0) is 16.5.